The fourth-order valence-electron chi connectivity index (χ4n) is 2.67. The number of carbonyl (C=O) groups excluding carboxylic acids is 2. The summed E-state index contributed by atoms with van der Waals surface area (Å²) < 4.78 is 5.41. The smallest absolute Gasteiger partial charge is 0.329 e. The number of aromatic hydroxyl groups is 1. The van der Waals surface area contributed by atoms with Crippen molar-refractivity contribution in [3.05, 3.63) is 65.7 Å². The average molecular weight is 384 g/mol. The Kier molecular flexibility index (Phi) is 8.02. The van der Waals surface area contributed by atoms with Crippen LogP contribution in [0.15, 0.2) is 54.6 Å². The number of carbonyl (C=O) groups is 2. The fraction of sp³-hybridized carbons (Fsp3) is 0.364. The zero-order chi connectivity index (χ0) is 20.5. The number of amides is 1. The van der Waals surface area contributed by atoms with Crippen LogP contribution in [0.5, 0.6) is 5.75 Å². The molecule has 0 bridgehead atoms. The highest BCUT2D eigenvalue weighted by molar-refractivity contribution is 5.87. The lowest BCUT2D eigenvalue weighted by Crippen LogP contribution is -2.51. The Bertz CT molecular complexity index is 762. The van der Waals surface area contributed by atoms with Crippen LogP contribution in [0, 0.1) is 5.92 Å². The van der Waals surface area contributed by atoms with E-state index in [2.05, 4.69) is 5.32 Å². The molecule has 0 fully saturated rings. The Morgan fingerprint density at radius 2 is 1.71 bits per heavy atom. The van der Waals surface area contributed by atoms with E-state index in [9.17, 15) is 14.7 Å². The number of nitrogens with two attached hydrogens (primary N) is 1. The van der Waals surface area contributed by atoms with Crippen molar-refractivity contribution in [2.45, 2.75) is 45.4 Å². The van der Waals surface area contributed by atoms with Gasteiger partial charge in [0.25, 0.3) is 0 Å². The number of hydrogen-bond acceptors (Lipinski definition) is 5. The first-order chi connectivity index (χ1) is 13.4. The van der Waals surface area contributed by atoms with Gasteiger partial charge < -0.3 is 20.9 Å². The number of rotatable bonds is 9. The van der Waals surface area contributed by atoms with Gasteiger partial charge in [-0.25, -0.2) is 4.79 Å². The highest BCUT2D eigenvalue weighted by Crippen LogP contribution is 2.13. The molecule has 0 aliphatic rings. The van der Waals surface area contributed by atoms with E-state index in [4.69, 9.17) is 10.5 Å². The molecule has 1 amide bonds. The Balaban J connectivity index is 2.08. The zero-order valence-corrected chi connectivity index (χ0v) is 16.3. The number of benzene rings is 2. The van der Waals surface area contributed by atoms with Gasteiger partial charge in [0.15, 0.2) is 0 Å². The summed E-state index contributed by atoms with van der Waals surface area (Å²) in [6.07, 6.45) is 1.00. The molecule has 0 radical (unpaired) electrons. The third-order valence-corrected chi connectivity index (χ3v) is 4.76. The zero-order valence-electron chi connectivity index (χ0n) is 16.3. The van der Waals surface area contributed by atoms with Crippen LogP contribution in [0.1, 0.15) is 31.4 Å². The van der Waals surface area contributed by atoms with Gasteiger partial charge in [0.1, 0.15) is 18.4 Å². The third kappa shape index (κ3) is 6.39. The summed E-state index contributed by atoms with van der Waals surface area (Å²) in [7, 11) is 0. The Labute approximate surface area is 165 Å². The molecule has 0 aromatic heterocycles. The van der Waals surface area contributed by atoms with Gasteiger partial charge >= 0.3 is 5.97 Å². The number of hydrogen-bond donors (Lipinski definition) is 3. The van der Waals surface area contributed by atoms with Gasteiger partial charge in [-0.15, -0.1) is 0 Å². The van der Waals surface area contributed by atoms with Gasteiger partial charge in [-0.1, -0.05) is 62.7 Å². The normalized spacial score (nSPS) is 14.0. The van der Waals surface area contributed by atoms with E-state index in [0.717, 1.165) is 17.5 Å². The molecule has 0 unspecified atom stereocenters. The molecule has 2 rings (SSSR count). The second-order valence-electron chi connectivity index (χ2n) is 6.94. The maximum atomic E-state index is 12.7. The number of esters is 1. The molecule has 4 N–H and O–H groups in total. The molecule has 0 saturated heterocycles. The minimum absolute atomic E-state index is 0.00494. The van der Waals surface area contributed by atoms with Crippen LogP contribution in [0.2, 0.25) is 0 Å². The highest BCUT2D eigenvalue weighted by Gasteiger charge is 2.27. The average Bonchev–Trinajstić information content (AvgIpc) is 2.72. The SMILES string of the molecule is CC[C@H](C)[C@H](N)C(=O)N[C@@H](Cc1ccc(O)cc1)C(=O)OCc1ccccc1. The highest BCUT2D eigenvalue weighted by atomic mass is 16.5. The van der Waals surface area contributed by atoms with Crippen LogP contribution >= 0.6 is 0 Å². The lowest BCUT2D eigenvalue weighted by Gasteiger charge is -2.22. The number of ether oxygens (including phenoxy) is 1. The van der Waals surface area contributed by atoms with Gasteiger partial charge in [-0.2, -0.15) is 0 Å². The number of phenolic OH excluding ortho intramolecular Hbond substituents is 1. The van der Waals surface area contributed by atoms with Gasteiger partial charge in [-0.05, 0) is 29.2 Å². The fourth-order valence-corrected chi connectivity index (χ4v) is 2.67. The first-order valence-electron chi connectivity index (χ1n) is 9.45. The van der Waals surface area contributed by atoms with Crippen LogP contribution in [-0.2, 0) is 27.4 Å². The number of nitrogens with one attached hydrogen (secondary N) is 1. The lowest BCUT2D eigenvalue weighted by atomic mass is 9.98. The molecule has 0 saturated carbocycles. The van der Waals surface area contributed by atoms with Gasteiger partial charge in [0.2, 0.25) is 5.91 Å². The summed E-state index contributed by atoms with van der Waals surface area (Å²) in [6.45, 7) is 3.98. The van der Waals surface area contributed by atoms with E-state index >= 15 is 0 Å². The second kappa shape index (κ2) is 10.5. The lowest BCUT2D eigenvalue weighted by molar-refractivity contribution is -0.149. The van der Waals surface area contributed by atoms with Crippen molar-refractivity contribution in [2.75, 3.05) is 0 Å². The van der Waals surface area contributed by atoms with Crippen molar-refractivity contribution < 1.29 is 19.4 Å². The molecule has 0 spiro atoms. The van der Waals surface area contributed by atoms with E-state index in [1.807, 2.05) is 44.2 Å². The minimum atomic E-state index is -0.865. The summed E-state index contributed by atoms with van der Waals surface area (Å²) in [6, 6.07) is 14.2. The van der Waals surface area contributed by atoms with E-state index in [1.54, 1.807) is 12.1 Å². The molecule has 0 aliphatic heterocycles. The Hall–Kier alpha value is -2.86. The van der Waals surface area contributed by atoms with Crippen LogP contribution in [-0.4, -0.2) is 29.1 Å². The summed E-state index contributed by atoms with van der Waals surface area (Å²) in [5, 5.41) is 12.2. The summed E-state index contributed by atoms with van der Waals surface area (Å²) in [5.41, 5.74) is 7.65. The molecule has 6 heteroatoms. The standard InChI is InChI=1S/C22H28N2O4/c1-3-15(2)20(23)21(26)24-19(13-16-9-11-18(25)12-10-16)22(27)28-14-17-7-5-4-6-8-17/h4-12,15,19-20,25H,3,13-14,23H2,1-2H3,(H,24,26)/t15-,19-,20-/m0/s1. The van der Waals surface area contributed by atoms with Crippen molar-refractivity contribution in [2.24, 2.45) is 11.7 Å². The van der Waals surface area contributed by atoms with Crippen molar-refractivity contribution >= 4 is 11.9 Å². The molecule has 6 nitrogen and oxygen atoms in total. The van der Waals surface area contributed by atoms with Crippen molar-refractivity contribution in [3.63, 3.8) is 0 Å². The van der Waals surface area contributed by atoms with Crippen molar-refractivity contribution in [1.82, 2.24) is 5.32 Å². The maximum absolute atomic E-state index is 12.7. The predicted octanol–water partition coefficient (Wildman–Crippen LogP) is 2.54. The first kappa shape index (κ1) is 21.4. The van der Waals surface area contributed by atoms with Crippen LogP contribution < -0.4 is 11.1 Å². The van der Waals surface area contributed by atoms with Gasteiger partial charge in [-0.3, -0.25) is 4.79 Å². The largest absolute Gasteiger partial charge is 0.508 e. The monoisotopic (exact) mass is 384 g/mol. The summed E-state index contributed by atoms with van der Waals surface area (Å²) in [4.78, 5) is 25.2. The van der Waals surface area contributed by atoms with Gasteiger partial charge in [0.05, 0.1) is 6.04 Å². The Morgan fingerprint density at radius 3 is 2.32 bits per heavy atom. The molecule has 150 valence electrons. The van der Waals surface area contributed by atoms with Crippen LogP contribution in [0.4, 0.5) is 0 Å². The second-order valence-corrected chi connectivity index (χ2v) is 6.94. The quantitative estimate of drug-likeness (QED) is 0.577. The third-order valence-electron chi connectivity index (χ3n) is 4.76. The maximum Gasteiger partial charge on any atom is 0.329 e. The summed E-state index contributed by atoms with van der Waals surface area (Å²) in [5.74, 6) is -0.777. The molecular formula is C22H28N2O4. The predicted molar refractivity (Wildman–Crippen MR) is 107 cm³/mol. The molecule has 2 aromatic rings. The van der Waals surface area contributed by atoms with E-state index in [-0.39, 0.29) is 30.6 Å². The molecule has 0 aliphatic carbocycles. The first-order valence-corrected chi connectivity index (χ1v) is 9.45. The van der Waals surface area contributed by atoms with E-state index in [1.165, 1.54) is 12.1 Å². The van der Waals surface area contributed by atoms with E-state index in [0.29, 0.717) is 0 Å². The van der Waals surface area contributed by atoms with Crippen molar-refractivity contribution in [1.29, 1.82) is 0 Å². The minimum Gasteiger partial charge on any atom is -0.508 e. The number of phenols is 1. The van der Waals surface area contributed by atoms with Crippen LogP contribution in [0.3, 0.4) is 0 Å². The van der Waals surface area contributed by atoms with Gasteiger partial charge in [0, 0.05) is 6.42 Å². The molecule has 2 aromatic carbocycles. The topological polar surface area (TPSA) is 102 Å². The Morgan fingerprint density at radius 1 is 1.07 bits per heavy atom. The van der Waals surface area contributed by atoms with Crippen molar-refractivity contribution in [3.8, 4) is 5.75 Å². The molecule has 28 heavy (non-hydrogen) atoms. The van der Waals surface area contributed by atoms with Crippen LogP contribution in [0.25, 0.3) is 0 Å². The summed E-state index contributed by atoms with van der Waals surface area (Å²) >= 11 is 0. The van der Waals surface area contributed by atoms with E-state index < -0.39 is 18.1 Å². The molecule has 3 atom stereocenters. The molecule has 0 heterocycles. The molecular weight excluding hydrogens is 356 g/mol.